The van der Waals surface area contributed by atoms with Gasteiger partial charge >= 0.3 is 0 Å². The maximum absolute atomic E-state index is 13.9. The van der Waals surface area contributed by atoms with Gasteiger partial charge in [0.1, 0.15) is 11.5 Å². The molecule has 64 heavy (non-hydrogen) atoms. The molecule has 7 aromatic carbocycles. The van der Waals surface area contributed by atoms with Crippen molar-refractivity contribution in [3.63, 3.8) is 0 Å². The molecule has 0 aliphatic carbocycles. The number of hydrogen-bond acceptors (Lipinski definition) is 13. The summed E-state index contributed by atoms with van der Waals surface area (Å²) in [4.78, 5) is -0.750. The van der Waals surface area contributed by atoms with Gasteiger partial charge < -0.3 is 4.74 Å². The predicted molar refractivity (Wildman–Crippen MR) is 237 cm³/mol. The van der Waals surface area contributed by atoms with Gasteiger partial charge in [-0.25, -0.2) is 30.5 Å². The van der Waals surface area contributed by atoms with Crippen molar-refractivity contribution in [3.05, 3.63) is 191 Å². The smallest absolute Gasteiger partial charge is 0.294 e. The minimum absolute atomic E-state index is 0.00232. The van der Waals surface area contributed by atoms with E-state index in [0.29, 0.717) is 34.7 Å². The van der Waals surface area contributed by atoms with Crippen LogP contribution in [0.5, 0.6) is 11.5 Å². The van der Waals surface area contributed by atoms with Gasteiger partial charge in [-0.3, -0.25) is 4.55 Å². The van der Waals surface area contributed by atoms with E-state index < -0.39 is 49.4 Å². The lowest BCUT2D eigenvalue weighted by molar-refractivity contribution is -0.432. The second-order valence-corrected chi connectivity index (χ2v) is 22.6. The van der Waals surface area contributed by atoms with E-state index in [4.69, 9.17) is 9.99 Å². The molecule has 0 heterocycles. The Kier molecular flexibility index (Phi) is 13.6. The highest BCUT2D eigenvalue weighted by Crippen LogP contribution is 2.34. The molecule has 0 unspecified atom stereocenters. The van der Waals surface area contributed by atoms with Gasteiger partial charge in [0.25, 0.3) is 10.1 Å². The molecule has 330 valence electrons. The molecular formula is C46H38O13S5. The van der Waals surface area contributed by atoms with E-state index in [1.807, 2.05) is 26.0 Å². The molecule has 13 nitrogen and oxygen atoms in total. The van der Waals surface area contributed by atoms with Crippen LogP contribution in [-0.2, 0) is 61.8 Å². The van der Waals surface area contributed by atoms with Crippen molar-refractivity contribution in [2.45, 2.75) is 65.9 Å². The maximum Gasteiger partial charge on any atom is 0.294 e. The fraction of sp³-hybridized carbons (Fsp3) is 0.0870. The summed E-state index contributed by atoms with van der Waals surface area (Å²) in [6.45, 7) is 3.77. The predicted octanol–water partition coefficient (Wildman–Crippen LogP) is 9.45. The third-order valence-electron chi connectivity index (χ3n) is 10.1. The quantitative estimate of drug-likeness (QED) is 0.0401. The van der Waals surface area contributed by atoms with Crippen LogP contribution in [0.2, 0.25) is 0 Å². The molecule has 2 N–H and O–H groups in total. The summed E-state index contributed by atoms with van der Waals surface area (Å²) in [5.74, 6) is 0.664. The highest BCUT2D eigenvalue weighted by atomic mass is 32.2. The van der Waals surface area contributed by atoms with Gasteiger partial charge in [0.2, 0.25) is 29.5 Å². The Morgan fingerprint density at radius 1 is 0.453 bits per heavy atom. The van der Waals surface area contributed by atoms with Gasteiger partial charge in [0.15, 0.2) is 0 Å². The van der Waals surface area contributed by atoms with Crippen molar-refractivity contribution >= 4 is 51.7 Å². The largest absolute Gasteiger partial charge is 0.457 e. The average molecular weight is 959 g/mol. The van der Waals surface area contributed by atoms with Gasteiger partial charge in [0.05, 0.1) is 46.3 Å². The summed E-state index contributed by atoms with van der Waals surface area (Å²) in [6, 6.07) is 39.0. The molecule has 0 saturated carbocycles. The van der Waals surface area contributed by atoms with E-state index in [9.17, 15) is 38.2 Å². The molecule has 0 fully saturated rings. The van der Waals surface area contributed by atoms with Crippen molar-refractivity contribution in [2.24, 2.45) is 0 Å². The summed E-state index contributed by atoms with van der Waals surface area (Å²) in [6.07, 6.45) is 0.272. The molecule has 0 bridgehead atoms. The molecular weight excluding hydrogens is 921 g/mol. The number of hydrogen-bond donors (Lipinski definition) is 2. The van der Waals surface area contributed by atoms with Crippen LogP contribution in [0.25, 0.3) is 0 Å². The van der Waals surface area contributed by atoms with Crippen LogP contribution in [0.15, 0.2) is 197 Å². The summed E-state index contributed by atoms with van der Waals surface area (Å²) < 4.78 is 126. The van der Waals surface area contributed by atoms with E-state index in [2.05, 4.69) is 9.37 Å². The van der Waals surface area contributed by atoms with Crippen LogP contribution in [-0.4, -0.2) is 43.5 Å². The lowest BCUT2D eigenvalue weighted by Crippen LogP contribution is -2.09. The Labute approximate surface area is 375 Å². The van der Waals surface area contributed by atoms with Crippen molar-refractivity contribution in [1.82, 2.24) is 0 Å². The van der Waals surface area contributed by atoms with E-state index in [1.54, 1.807) is 48.5 Å². The van der Waals surface area contributed by atoms with Gasteiger partial charge in [-0.2, -0.15) is 8.42 Å². The number of ether oxygens (including phenoxy) is 1. The Balaban J connectivity index is 1.05. The molecule has 0 aliphatic heterocycles. The second-order valence-electron chi connectivity index (χ2n) is 14.6. The number of rotatable bonds is 16. The standard InChI is InChI=1S/C46H38O13S5/c1-31-3-7-33(8-4-31)28-36-12-22-44(30-46(36)64(54,55)56)63(52,53)43-21-11-35(45(29-43)60-59-58-47)27-34-9-19-40(20-10-34)62(50,51)42-25-15-38(16-26-42)57-37-13-23-41(24-14-37)61(48,49)39-17-5-32(2)6-18-39/h3-26,29-30,47H,27-28H2,1-2H3,(H,54,55,56). The summed E-state index contributed by atoms with van der Waals surface area (Å²) in [5, 5.41) is 12.7. The van der Waals surface area contributed by atoms with Crippen LogP contribution in [0.4, 0.5) is 0 Å². The Bertz CT molecular complexity index is 3270. The zero-order valence-corrected chi connectivity index (χ0v) is 37.9. The molecule has 0 spiro atoms. The topological polar surface area (TPSA) is 205 Å². The molecule has 7 rings (SSSR count). The number of benzene rings is 7. The van der Waals surface area contributed by atoms with E-state index in [0.717, 1.165) is 22.8 Å². The monoisotopic (exact) mass is 958 g/mol. The first kappa shape index (κ1) is 46.3. The van der Waals surface area contributed by atoms with Gasteiger partial charge in [-0.05, 0) is 146 Å². The molecule has 0 amide bonds. The van der Waals surface area contributed by atoms with Crippen molar-refractivity contribution < 1.29 is 57.6 Å². The van der Waals surface area contributed by atoms with Gasteiger partial charge in [-0.15, -0.1) is 4.33 Å². The summed E-state index contributed by atoms with van der Waals surface area (Å²) in [5.41, 5.74) is 4.01. The minimum Gasteiger partial charge on any atom is -0.457 e. The van der Waals surface area contributed by atoms with Crippen LogP contribution in [0.1, 0.15) is 33.4 Å². The van der Waals surface area contributed by atoms with E-state index in [-0.39, 0.29) is 47.8 Å². The molecule has 0 aliphatic rings. The fourth-order valence-corrected chi connectivity index (χ4v) is 11.9. The van der Waals surface area contributed by atoms with E-state index in [1.165, 1.54) is 91.0 Å². The maximum atomic E-state index is 13.9. The Hall–Kier alpha value is -5.67. The number of sulfone groups is 3. The van der Waals surface area contributed by atoms with Crippen LogP contribution >= 0.6 is 12.0 Å². The molecule has 0 aromatic heterocycles. The van der Waals surface area contributed by atoms with Gasteiger partial charge in [-0.1, -0.05) is 76.8 Å². The van der Waals surface area contributed by atoms with Crippen LogP contribution in [0.3, 0.4) is 0 Å². The second kappa shape index (κ2) is 18.8. The molecule has 7 aromatic rings. The third kappa shape index (κ3) is 10.5. The first-order chi connectivity index (χ1) is 30.3. The van der Waals surface area contributed by atoms with Crippen molar-refractivity contribution in [3.8, 4) is 11.5 Å². The molecule has 0 radical (unpaired) electrons. The average Bonchev–Trinajstić information content (AvgIpc) is 3.27. The first-order valence-corrected chi connectivity index (χ1v) is 25.7. The first-order valence-electron chi connectivity index (χ1n) is 19.1. The fourth-order valence-electron chi connectivity index (χ4n) is 6.63. The van der Waals surface area contributed by atoms with E-state index >= 15 is 0 Å². The highest BCUT2D eigenvalue weighted by Gasteiger charge is 2.25. The van der Waals surface area contributed by atoms with Crippen molar-refractivity contribution in [1.29, 1.82) is 0 Å². The Morgan fingerprint density at radius 3 is 1.28 bits per heavy atom. The molecule has 0 saturated heterocycles. The molecule has 0 atom stereocenters. The zero-order chi connectivity index (χ0) is 45.9. The Morgan fingerprint density at radius 2 is 0.812 bits per heavy atom. The zero-order valence-electron chi connectivity index (χ0n) is 33.9. The van der Waals surface area contributed by atoms with Crippen LogP contribution in [0, 0.1) is 13.8 Å². The lowest BCUT2D eigenvalue weighted by Gasteiger charge is -2.13. The van der Waals surface area contributed by atoms with Gasteiger partial charge in [0, 0.05) is 4.90 Å². The minimum atomic E-state index is -4.83. The third-order valence-corrected chi connectivity index (χ3v) is 17.1. The summed E-state index contributed by atoms with van der Waals surface area (Å²) in [7, 11) is -16.9. The molecule has 18 heteroatoms. The lowest BCUT2D eigenvalue weighted by atomic mass is 10.0. The normalized spacial score (nSPS) is 12.2. The summed E-state index contributed by atoms with van der Waals surface area (Å²) >= 11 is 0.508. The highest BCUT2D eigenvalue weighted by molar-refractivity contribution is 7.95. The van der Waals surface area contributed by atoms with Crippen LogP contribution < -0.4 is 4.74 Å². The van der Waals surface area contributed by atoms with Crippen molar-refractivity contribution in [2.75, 3.05) is 0 Å². The number of aryl methyl sites for hydroxylation is 2. The SMILES string of the molecule is Cc1ccc(Cc2ccc(S(=O)(=O)c3ccc(Cc4ccc(S(=O)(=O)c5ccc(Oc6ccc(S(=O)(=O)c7ccc(C)cc7)cc6)cc5)cc4)c(SOOO)c3)cc2S(=O)(=O)O)cc1.